The van der Waals surface area contributed by atoms with E-state index in [2.05, 4.69) is 25.2 Å². The molecule has 27 heavy (non-hydrogen) atoms. The molecule has 2 aromatic heterocycles. The van der Waals surface area contributed by atoms with Gasteiger partial charge >= 0.3 is 0 Å². The maximum Gasteiger partial charge on any atom is 0.275 e. The lowest BCUT2D eigenvalue weighted by Crippen LogP contribution is -2.44. The molecule has 146 valence electrons. The van der Waals surface area contributed by atoms with Gasteiger partial charge in [0, 0.05) is 37.9 Å². The zero-order valence-electron chi connectivity index (χ0n) is 15.7. The summed E-state index contributed by atoms with van der Waals surface area (Å²) in [5, 5.41) is 8.30. The van der Waals surface area contributed by atoms with Gasteiger partial charge in [-0.1, -0.05) is 11.3 Å². The van der Waals surface area contributed by atoms with Crippen LogP contribution in [-0.2, 0) is 4.79 Å². The minimum absolute atomic E-state index is 0.0317. The molecule has 1 atom stereocenters. The summed E-state index contributed by atoms with van der Waals surface area (Å²) in [6.45, 7) is 7.26. The molecule has 0 spiro atoms. The van der Waals surface area contributed by atoms with Crippen molar-refractivity contribution in [1.29, 1.82) is 0 Å². The molecule has 2 fully saturated rings. The van der Waals surface area contributed by atoms with Gasteiger partial charge in [0.1, 0.15) is 0 Å². The summed E-state index contributed by atoms with van der Waals surface area (Å²) in [4.78, 5) is 34.2. The number of aromatic nitrogens is 3. The first-order valence-electron chi connectivity index (χ1n) is 9.73. The lowest BCUT2D eigenvalue weighted by Gasteiger charge is -2.31. The predicted molar refractivity (Wildman–Crippen MR) is 105 cm³/mol. The smallest absolute Gasteiger partial charge is 0.275 e. The summed E-state index contributed by atoms with van der Waals surface area (Å²) < 4.78 is 1.35. The molecule has 1 N–H and O–H groups in total. The number of amides is 1. The van der Waals surface area contributed by atoms with Crippen LogP contribution < -0.4 is 15.8 Å². The number of anilines is 1. The highest BCUT2D eigenvalue weighted by Crippen LogP contribution is 2.26. The average Bonchev–Trinajstić information content (AvgIpc) is 3.31. The summed E-state index contributed by atoms with van der Waals surface area (Å²) >= 11 is 1.41. The molecule has 0 radical (unpaired) electrons. The summed E-state index contributed by atoms with van der Waals surface area (Å²) in [6.07, 6.45) is 4.38. The highest BCUT2D eigenvalue weighted by molar-refractivity contribution is 7.20. The van der Waals surface area contributed by atoms with Crippen molar-refractivity contribution in [2.75, 3.05) is 44.2 Å². The Bertz CT molecular complexity index is 872. The number of hydrogen-bond donors (Lipinski definition) is 1. The maximum atomic E-state index is 12.6. The maximum absolute atomic E-state index is 12.6. The Hall–Kier alpha value is -2.00. The number of carbonyl (C=O) groups excluding carboxylic acids is 1. The third-order valence-corrected chi connectivity index (χ3v) is 6.32. The number of piperidine rings is 1. The molecule has 4 heterocycles. The number of carbonyl (C=O) groups is 1. The van der Waals surface area contributed by atoms with E-state index in [-0.39, 0.29) is 17.4 Å². The molecule has 1 amide bonds. The van der Waals surface area contributed by atoms with Gasteiger partial charge in [-0.25, -0.2) is 4.98 Å². The minimum atomic E-state index is -0.159. The van der Waals surface area contributed by atoms with E-state index in [4.69, 9.17) is 0 Å². The summed E-state index contributed by atoms with van der Waals surface area (Å²) in [5.41, 5.74) is 0.539. The molecule has 2 aliphatic heterocycles. The molecule has 0 saturated carbocycles. The number of aryl methyl sites for hydroxylation is 1. The Labute approximate surface area is 162 Å². The molecule has 2 aliphatic rings. The van der Waals surface area contributed by atoms with Crippen LogP contribution in [0.1, 0.15) is 31.4 Å². The van der Waals surface area contributed by atoms with Crippen LogP contribution in [0.5, 0.6) is 0 Å². The number of likely N-dealkylation sites (tertiary alicyclic amines) is 1. The second-order valence-electron chi connectivity index (χ2n) is 7.44. The Morgan fingerprint density at radius 1 is 1.30 bits per heavy atom. The van der Waals surface area contributed by atoms with Crippen molar-refractivity contribution >= 4 is 27.3 Å². The van der Waals surface area contributed by atoms with E-state index < -0.39 is 0 Å². The van der Waals surface area contributed by atoms with Gasteiger partial charge < -0.3 is 15.1 Å². The number of fused-ring (bicyclic) bond motifs is 1. The lowest BCUT2D eigenvalue weighted by atomic mass is 9.97. The van der Waals surface area contributed by atoms with Gasteiger partial charge in [0.15, 0.2) is 0 Å². The molecule has 9 heteroatoms. The second kappa shape index (κ2) is 7.93. The van der Waals surface area contributed by atoms with Crippen molar-refractivity contribution in [2.24, 2.45) is 5.92 Å². The van der Waals surface area contributed by atoms with E-state index in [9.17, 15) is 9.59 Å². The van der Waals surface area contributed by atoms with Crippen molar-refractivity contribution in [3.63, 3.8) is 0 Å². The Kier molecular flexibility index (Phi) is 5.40. The number of nitrogens with one attached hydrogen (secondary N) is 1. The SMILES string of the molecule is Cc1cc(=O)n2nc(N3CCC[C@@H](C(=O)NCCN4CCCC4)C3)sc2n1. The van der Waals surface area contributed by atoms with Crippen molar-refractivity contribution in [1.82, 2.24) is 24.8 Å². The molecular formula is C18H26N6O2S. The highest BCUT2D eigenvalue weighted by atomic mass is 32.1. The standard InChI is InChI=1S/C18H26N6O2S/c1-13-11-15(25)24-17(20-13)27-18(21-24)23-9-4-5-14(12-23)16(26)19-6-10-22-7-2-3-8-22/h11,14H,2-10,12H2,1H3,(H,19,26)/t14-/m1/s1. The van der Waals surface area contributed by atoms with Crippen molar-refractivity contribution in [3.05, 3.63) is 22.1 Å². The summed E-state index contributed by atoms with van der Waals surface area (Å²) in [5.74, 6) is 0.0990. The number of rotatable bonds is 5. The van der Waals surface area contributed by atoms with E-state index in [0.717, 1.165) is 50.7 Å². The van der Waals surface area contributed by atoms with Crippen LogP contribution in [0.4, 0.5) is 5.13 Å². The first-order chi connectivity index (χ1) is 13.1. The molecule has 8 nitrogen and oxygen atoms in total. The predicted octanol–water partition coefficient (Wildman–Crippen LogP) is 0.888. The zero-order chi connectivity index (χ0) is 18.8. The van der Waals surface area contributed by atoms with Gasteiger partial charge in [-0.05, 0) is 45.7 Å². The summed E-state index contributed by atoms with van der Waals surface area (Å²) in [7, 11) is 0. The van der Waals surface area contributed by atoms with Crippen LogP contribution in [0.25, 0.3) is 4.96 Å². The Morgan fingerprint density at radius 3 is 2.93 bits per heavy atom. The molecule has 0 aliphatic carbocycles. The van der Waals surface area contributed by atoms with E-state index in [1.807, 2.05) is 6.92 Å². The van der Waals surface area contributed by atoms with Gasteiger partial charge in [-0.2, -0.15) is 4.52 Å². The summed E-state index contributed by atoms with van der Waals surface area (Å²) in [6, 6.07) is 1.49. The molecule has 4 rings (SSSR count). The molecule has 0 unspecified atom stereocenters. The molecule has 0 aromatic carbocycles. The largest absolute Gasteiger partial charge is 0.355 e. The fourth-order valence-corrected chi connectivity index (χ4v) is 4.88. The topological polar surface area (TPSA) is 82.8 Å². The van der Waals surface area contributed by atoms with Gasteiger partial charge in [-0.3, -0.25) is 9.59 Å². The zero-order valence-corrected chi connectivity index (χ0v) is 16.5. The Balaban J connectivity index is 1.38. The van der Waals surface area contributed by atoms with Gasteiger partial charge in [0.2, 0.25) is 16.0 Å². The van der Waals surface area contributed by atoms with E-state index in [0.29, 0.717) is 17.2 Å². The first-order valence-corrected chi connectivity index (χ1v) is 10.5. The molecule has 2 saturated heterocycles. The van der Waals surface area contributed by atoms with Crippen LogP contribution in [0.15, 0.2) is 10.9 Å². The third kappa shape index (κ3) is 4.14. The number of hydrogen-bond acceptors (Lipinski definition) is 7. The molecule has 2 aromatic rings. The molecule has 0 bridgehead atoms. The highest BCUT2D eigenvalue weighted by Gasteiger charge is 2.28. The van der Waals surface area contributed by atoms with Crippen LogP contribution in [0, 0.1) is 12.8 Å². The van der Waals surface area contributed by atoms with E-state index in [1.165, 1.54) is 34.8 Å². The fourth-order valence-electron chi connectivity index (χ4n) is 3.89. The van der Waals surface area contributed by atoms with Crippen LogP contribution >= 0.6 is 11.3 Å². The number of nitrogens with zero attached hydrogens (tertiary/aromatic N) is 5. The second-order valence-corrected chi connectivity index (χ2v) is 8.37. The quantitative estimate of drug-likeness (QED) is 0.816. The van der Waals surface area contributed by atoms with Crippen molar-refractivity contribution in [3.8, 4) is 0 Å². The molecular weight excluding hydrogens is 364 g/mol. The monoisotopic (exact) mass is 390 g/mol. The first kappa shape index (κ1) is 18.4. The third-order valence-electron chi connectivity index (χ3n) is 5.35. The van der Waals surface area contributed by atoms with Crippen molar-refractivity contribution in [2.45, 2.75) is 32.6 Å². The van der Waals surface area contributed by atoms with Crippen LogP contribution in [0.3, 0.4) is 0 Å². The van der Waals surface area contributed by atoms with Gasteiger partial charge in [0.05, 0.1) is 5.92 Å². The van der Waals surface area contributed by atoms with E-state index in [1.54, 1.807) is 0 Å². The fraction of sp³-hybridized carbons (Fsp3) is 0.667. The van der Waals surface area contributed by atoms with E-state index >= 15 is 0 Å². The van der Waals surface area contributed by atoms with Gasteiger partial charge in [0.25, 0.3) is 5.56 Å². The Morgan fingerprint density at radius 2 is 2.11 bits per heavy atom. The van der Waals surface area contributed by atoms with Crippen LogP contribution in [0.2, 0.25) is 0 Å². The van der Waals surface area contributed by atoms with Gasteiger partial charge in [-0.15, -0.1) is 5.10 Å². The average molecular weight is 391 g/mol. The van der Waals surface area contributed by atoms with Crippen LogP contribution in [-0.4, -0.2) is 64.7 Å². The normalized spacial score (nSPS) is 21.1. The van der Waals surface area contributed by atoms with Crippen molar-refractivity contribution < 1.29 is 4.79 Å². The lowest BCUT2D eigenvalue weighted by molar-refractivity contribution is -0.125. The minimum Gasteiger partial charge on any atom is -0.355 e.